The van der Waals surface area contributed by atoms with Crippen molar-refractivity contribution in [3.8, 4) is 17.0 Å². The largest absolute Gasteiger partial charge is 0.497 e. The molecule has 20 heavy (non-hydrogen) atoms. The van der Waals surface area contributed by atoms with Gasteiger partial charge in [0.1, 0.15) is 5.75 Å². The first-order valence-electron chi connectivity index (χ1n) is 5.51. The fourth-order valence-electron chi connectivity index (χ4n) is 1.57. The molecule has 0 aliphatic carbocycles. The van der Waals surface area contributed by atoms with Crippen molar-refractivity contribution >= 4 is 5.95 Å². The van der Waals surface area contributed by atoms with Gasteiger partial charge in [-0.25, -0.2) is 15.8 Å². The van der Waals surface area contributed by atoms with Crippen molar-refractivity contribution in [1.82, 2.24) is 9.97 Å². The molecule has 0 amide bonds. The van der Waals surface area contributed by atoms with Gasteiger partial charge in [0.25, 0.3) is 0 Å². The lowest BCUT2D eigenvalue weighted by molar-refractivity contribution is -0.141. The van der Waals surface area contributed by atoms with E-state index < -0.39 is 11.9 Å². The van der Waals surface area contributed by atoms with E-state index in [-0.39, 0.29) is 11.6 Å². The highest BCUT2D eigenvalue weighted by Crippen LogP contribution is 2.31. The molecule has 0 aliphatic rings. The van der Waals surface area contributed by atoms with Crippen LogP contribution in [0.2, 0.25) is 0 Å². The number of hydrazine groups is 1. The first-order chi connectivity index (χ1) is 9.44. The Morgan fingerprint density at radius 3 is 2.30 bits per heavy atom. The van der Waals surface area contributed by atoms with Crippen LogP contribution in [0.25, 0.3) is 11.3 Å². The molecule has 1 aromatic heterocycles. The number of methoxy groups -OCH3 is 1. The number of nitrogen functional groups attached to an aromatic ring is 1. The molecule has 2 aromatic rings. The Balaban J connectivity index is 2.49. The summed E-state index contributed by atoms with van der Waals surface area (Å²) in [7, 11) is 1.50. The summed E-state index contributed by atoms with van der Waals surface area (Å²) in [5.74, 6) is 5.39. The first-order valence-corrected chi connectivity index (χ1v) is 5.51. The highest BCUT2D eigenvalue weighted by atomic mass is 19.4. The molecule has 2 rings (SSSR count). The van der Waals surface area contributed by atoms with Crippen LogP contribution < -0.4 is 16.0 Å². The second kappa shape index (κ2) is 5.33. The Kier molecular flexibility index (Phi) is 3.75. The van der Waals surface area contributed by atoms with Crippen molar-refractivity contribution < 1.29 is 17.9 Å². The van der Waals surface area contributed by atoms with Crippen LogP contribution in [-0.4, -0.2) is 17.1 Å². The molecule has 0 fully saturated rings. The number of nitrogens with two attached hydrogens (primary N) is 1. The summed E-state index contributed by atoms with van der Waals surface area (Å²) in [5.41, 5.74) is 1.57. The van der Waals surface area contributed by atoms with Gasteiger partial charge in [-0.2, -0.15) is 13.2 Å². The molecule has 3 N–H and O–H groups in total. The maximum Gasteiger partial charge on any atom is 0.433 e. The van der Waals surface area contributed by atoms with E-state index in [4.69, 9.17) is 10.6 Å². The summed E-state index contributed by atoms with van der Waals surface area (Å²) in [6, 6.07) is 7.31. The zero-order valence-electron chi connectivity index (χ0n) is 10.4. The molecule has 1 aromatic carbocycles. The number of hydrogen-bond acceptors (Lipinski definition) is 5. The summed E-state index contributed by atoms with van der Waals surface area (Å²) in [5, 5.41) is 0. The van der Waals surface area contributed by atoms with E-state index in [1.54, 1.807) is 24.3 Å². The number of halogens is 3. The van der Waals surface area contributed by atoms with E-state index in [0.29, 0.717) is 11.3 Å². The highest BCUT2D eigenvalue weighted by Gasteiger charge is 2.33. The lowest BCUT2D eigenvalue weighted by atomic mass is 10.1. The minimum absolute atomic E-state index is 0.114. The molecule has 5 nitrogen and oxygen atoms in total. The quantitative estimate of drug-likeness (QED) is 0.669. The smallest absolute Gasteiger partial charge is 0.433 e. The molecule has 106 valence electrons. The number of rotatable bonds is 3. The van der Waals surface area contributed by atoms with Gasteiger partial charge < -0.3 is 4.74 Å². The zero-order valence-corrected chi connectivity index (χ0v) is 10.4. The van der Waals surface area contributed by atoms with E-state index in [1.165, 1.54) is 7.11 Å². The Labute approximate surface area is 112 Å². The van der Waals surface area contributed by atoms with E-state index in [9.17, 15) is 13.2 Å². The van der Waals surface area contributed by atoms with Crippen molar-refractivity contribution in [2.75, 3.05) is 12.5 Å². The van der Waals surface area contributed by atoms with Gasteiger partial charge in [0.15, 0.2) is 5.69 Å². The van der Waals surface area contributed by atoms with Gasteiger partial charge in [-0.15, -0.1) is 0 Å². The van der Waals surface area contributed by atoms with E-state index >= 15 is 0 Å². The van der Waals surface area contributed by atoms with Crippen molar-refractivity contribution in [3.05, 3.63) is 36.0 Å². The number of benzene rings is 1. The third kappa shape index (κ3) is 2.97. The molecule has 0 spiro atoms. The fourth-order valence-corrected chi connectivity index (χ4v) is 1.57. The third-order valence-corrected chi connectivity index (χ3v) is 2.53. The number of anilines is 1. The molecule has 0 unspecified atom stereocenters. The number of ether oxygens (including phenoxy) is 1. The number of alkyl halides is 3. The van der Waals surface area contributed by atoms with Crippen LogP contribution in [0.15, 0.2) is 30.3 Å². The predicted octanol–water partition coefficient (Wildman–Crippen LogP) is 2.46. The SMILES string of the molecule is COc1ccc(-c2cc(C(F)(F)F)nc(NN)n2)cc1. The van der Waals surface area contributed by atoms with Crippen LogP contribution in [0.3, 0.4) is 0 Å². The maximum atomic E-state index is 12.7. The molecule has 0 atom stereocenters. The normalized spacial score (nSPS) is 11.2. The summed E-state index contributed by atoms with van der Waals surface area (Å²) in [6.45, 7) is 0. The fraction of sp³-hybridized carbons (Fsp3) is 0.167. The Bertz CT molecular complexity index is 599. The van der Waals surface area contributed by atoms with E-state index in [0.717, 1.165) is 6.07 Å². The average Bonchev–Trinajstić information content (AvgIpc) is 2.46. The van der Waals surface area contributed by atoms with Crippen LogP contribution in [0.5, 0.6) is 5.75 Å². The molecule has 0 radical (unpaired) electrons. The number of aromatic nitrogens is 2. The minimum atomic E-state index is -4.57. The molecular weight excluding hydrogens is 273 g/mol. The van der Waals surface area contributed by atoms with Crippen LogP contribution in [0.1, 0.15) is 5.69 Å². The molecule has 0 saturated heterocycles. The van der Waals surface area contributed by atoms with Crippen LogP contribution >= 0.6 is 0 Å². The van der Waals surface area contributed by atoms with Gasteiger partial charge in [0, 0.05) is 5.56 Å². The van der Waals surface area contributed by atoms with Gasteiger partial charge in [-0.1, -0.05) is 0 Å². The number of hydrogen-bond donors (Lipinski definition) is 2. The molecule has 0 aliphatic heterocycles. The summed E-state index contributed by atoms with van der Waals surface area (Å²) >= 11 is 0. The van der Waals surface area contributed by atoms with Gasteiger partial charge >= 0.3 is 6.18 Å². The van der Waals surface area contributed by atoms with Gasteiger partial charge in [0.05, 0.1) is 12.8 Å². The number of nitrogens with zero attached hydrogens (tertiary/aromatic N) is 2. The summed E-state index contributed by atoms with van der Waals surface area (Å²) < 4.78 is 43.2. The van der Waals surface area contributed by atoms with Gasteiger partial charge in [-0.05, 0) is 30.3 Å². The van der Waals surface area contributed by atoms with Crippen molar-refractivity contribution in [1.29, 1.82) is 0 Å². The summed E-state index contributed by atoms with van der Waals surface area (Å²) in [4.78, 5) is 7.19. The standard InChI is InChI=1S/C12H11F3N4O/c1-20-8-4-2-7(3-5-8)9-6-10(12(13,14)15)18-11(17-9)19-16/h2-6H,16H2,1H3,(H,17,18,19). The third-order valence-electron chi connectivity index (χ3n) is 2.53. The Morgan fingerprint density at radius 1 is 1.15 bits per heavy atom. The minimum Gasteiger partial charge on any atom is -0.497 e. The second-order valence-electron chi connectivity index (χ2n) is 3.83. The van der Waals surface area contributed by atoms with Crippen molar-refractivity contribution in [2.45, 2.75) is 6.18 Å². The number of nitrogens with one attached hydrogen (secondary N) is 1. The van der Waals surface area contributed by atoms with Gasteiger partial charge in [-0.3, -0.25) is 5.43 Å². The Morgan fingerprint density at radius 2 is 1.80 bits per heavy atom. The first kappa shape index (κ1) is 14.1. The van der Waals surface area contributed by atoms with Crippen molar-refractivity contribution in [2.24, 2.45) is 5.84 Å². The van der Waals surface area contributed by atoms with Crippen molar-refractivity contribution in [3.63, 3.8) is 0 Å². The lowest BCUT2D eigenvalue weighted by Gasteiger charge is -2.10. The zero-order chi connectivity index (χ0) is 14.8. The lowest BCUT2D eigenvalue weighted by Crippen LogP contribution is -2.15. The maximum absolute atomic E-state index is 12.7. The monoisotopic (exact) mass is 284 g/mol. The molecule has 0 bridgehead atoms. The second-order valence-corrected chi connectivity index (χ2v) is 3.83. The summed E-state index contributed by atoms with van der Waals surface area (Å²) in [6.07, 6.45) is -4.57. The Hall–Kier alpha value is -2.35. The van der Waals surface area contributed by atoms with E-state index in [1.807, 2.05) is 5.43 Å². The predicted molar refractivity (Wildman–Crippen MR) is 66.8 cm³/mol. The molecular formula is C12H11F3N4O. The van der Waals surface area contributed by atoms with Crippen LogP contribution in [0.4, 0.5) is 19.1 Å². The van der Waals surface area contributed by atoms with Crippen LogP contribution in [-0.2, 0) is 6.18 Å². The average molecular weight is 284 g/mol. The molecule has 1 heterocycles. The molecule has 8 heteroatoms. The van der Waals surface area contributed by atoms with E-state index in [2.05, 4.69) is 9.97 Å². The van der Waals surface area contributed by atoms with Gasteiger partial charge in [0.2, 0.25) is 5.95 Å². The van der Waals surface area contributed by atoms with Crippen LogP contribution in [0, 0.1) is 0 Å². The topological polar surface area (TPSA) is 73.1 Å². The molecule has 0 saturated carbocycles. The highest BCUT2D eigenvalue weighted by molar-refractivity contribution is 5.61.